The first-order chi connectivity index (χ1) is 10.6. The van der Waals surface area contributed by atoms with Crippen molar-refractivity contribution >= 4 is 5.82 Å². The van der Waals surface area contributed by atoms with E-state index in [-0.39, 0.29) is 18.1 Å². The third-order valence-electron chi connectivity index (χ3n) is 3.64. The lowest BCUT2D eigenvalue weighted by atomic mass is 10.2. The zero-order valence-corrected chi connectivity index (χ0v) is 12.1. The van der Waals surface area contributed by atoms with Gasteiger partial charge in [0.1, 0.15) is 12.4 Å². The molecule has 1 aromatic carbocycles. The minimum atomic E-state index is -0.950. The van der Waals surface area contributed by atoms with Crippen molar-refractivity contribution in [1.29, 1.82) is 0 Å². The quantitative estimate of drug-likeness (QED) is 0.869. The number of rotatable bonds is 3. The molecule has 1 aromatic heterocycles. The Hall–Kier alpha value is -2.44. The number of aromatic nitrogens is 2. The predicted molar refractivity (Wildman–Crippen MR) is 77.1 cm³/mol. The Kier molecular flexibility index (Phi) is 3.79. The minimum absolute atomic E-state index is 0.0768. The highest BCUT2D eigenvalue weighted by molar-refractivity contribution is 5.42. The van der Waals surface area contributed by atoms with E-state index in [1.54, 1.807) is 10.6 Å². The van der Waals surface area contributed by atoms with Crippen molar-refractivity contribution in [2.24, 2.45) is 0 Å². The summed E-state index contributed by atoms with van der Waals surface area (Å²) in [7, 11) is 1.88. The van der Waals surface area contributed by atoms with E-state index in [2.05, 4.69) is 4.98 Å². The Balaban J connectivity index is 1.84. The molecule has 2 aromatic rings. The molecular formula is C15H15F2N3O2. The zero-order chi connectivity index (χ0) is 15.7. The number of anilines is 1. The van der Waals surface area contributed by atoms with Crippen molar-refractivity contribution in [2.75, 3.05) is 18.5 Å². The third kappa shape index (κ3) is 2.66. The van der Waals surface area contributed by atoms with Crippen LogP contribution < -0.4 is 15.3 Å². The number of ether oxygens (including phenoxy) is 1. The van der Waals surface area contributed by atoms with Gasteiger partial charge in [-0.25, -0.2) is 13.6 Å². The van der Waals surface area contributed by atoms with E-state index in [4.69, 9.17) is 4.74 Å². The molecule has 1 aliphatic rings. The van der Waals surface area contributed by atoms with E-state index in [9.17, 15) is 13.6 Å². The van der Waals surface area contributed by atoms with Crippen LogP contribution in [0.4, 0.5) is 14.6 Å². The maximum atomic E-state index is 13.6. The lowest BCUT2D eigenvalue weighted by Crippen LogP contribution is -2.36. The molecule has 1 aliphatic heterocycles. The van der Waals surface area contributed by atoms with Crippen LogP contribution in [0, 0.1) is 11.6 Å². The van der Waals surface area contributed by atoms with Gasteiger partial charge in [0, 0.05) is 31.8 Å². The average Bonchev–Trinajstić information content (AvgIpc) is 2.50. The first kappa shape index (κ1) is 14.5. The molecule has 3 rings (SSSR count). The second-order valence-corrected chi connectivity index (χ2v) is 5.16. The summed E-state index contributed by atoms with van der Waals surface area (Å²) in [4.78, 5) is 17.7. The Morgan fingerprint density at radius 1 is 1.32 bits per heavy atom. The fourth-order valence-electron chi connectivity index (χ4n) is 2.47. The first-order valence-electron chi connectivity index (χ1n) is 6.95. The Morgan fingerprint density at radius 2 is 2.14 bits per heavy atom. The highest BCUT2D eigenvalue weighted by atomic mass is 19.2. The Bertz CT molecular complexity index is 761. The van der Waals surface area contributed by atoms with Crippen molar-refractivity contribution in [3.8, 4) is 5.88 Å². The number of hydrogen-bond donors (Lipinski definition) is 0. The van der Waals surface area contributed by atoms with Gasteiger partial charge >= 0.3 is 5.69 Å². The largest absolute Gasteiger partial charge is 0.472 e. The molecule has 7 heteroatoms. The van der Waals surface area contributed by atoms with Crippen LogP contribution in [0.3, 0.4) is 0 Å². The Morgan fingerprint density at radius 3 is 2.95 bits per heavy atom. The predicted octanol–water partition coefficient (Wildman–Crippen LogP) is 1.94. The summed E-state index contributed by atoms with van der Waals surface area (Å²) in [5, 5.41) is 0. The number of nitrogens with zero attached hydrogens (tertiary/aromatic N) is 3. The van der Waals surface area contributed by atoms with Gasteiger partial charge < -0.3 is 9.64 Å². The van der Waals surface area contributed by atoms with Crippen LogP contribution in [0.1, 0.15) is 12.0 Å². The van der Waals surface area contributed by atoms with E-state index in [0.717, 1.165) is 19.0 Å². The average molecular weight is 307 g/mol. The fraction of sp³-hybridized carbons (Fsp3) is 0.333. The lowest BCUT2D eigenvalue weighted by Gasteiger charge is -2.28. The molecule has 22 heavy (non-hydrogen) atoms. The second-order valence-electron chi connectivity index (χ2n) is 5.16. The molecule has 0 saturated heterocycles. The zero-order valence-electron chi connectivity index (χ0n) is 12.1. The van der Waals surface area contributed by atoms with E-state index in [1.807, 2.05) is 11.9 Å². The smallest absolute Gasteiger partial charge is 0.352 e. The van der Waals surface area contributed by atoms with E-state index in [1.165, 1.54) is 12.1 Å². The van der Waals surface area contributed by atoms with E-state index >= 15 is 0 Å². The van der Waals surface area contributed by atoms with Crippen LogP contribution in [0.25, 0.3) is 0 Å². The van der Waals surface area contributed by atoms with Gasteiger partial charge in [0.15, 0.2) is 11.6 Å². The van der Waals surface area contributed by atoms with Crippen LogP contribution in [0.2, 0.25) is 0 Å². The van der Waals surface area contributed by atoms with Crippen LogP contribution in [0.5, 0.6) is 5.88 Å². The molecule has 0 saturated carbocycles. The van der Waals surface area contributed by atoms with Crippen LogP contribution in [-0.4, -0.2) is 23.1 Å². The van der Waals surface area contributed by atoms with Gasteiger partial charge in [-0.3, -0.25) is 4.57 Å². The molecule has 0 spiro atoms. The number of halogens is 2. The number of hydrogen-bond acceptors (Lipinski definition) is 4. The summed E-state index contributed by atoms with van der Waals surface area (Å²) in [6.07, 6.45) is 0.875. The molecule has 0 bridgehead atoms. The Labute approximate surface area is 125 Å². The maximum absolute atomic E-state index is 13.6. The van der Waals surface area contributed by atoms with Crippen LogP contribution in [0.15, 0.2) is 29.1 Å². The number of fused-ring (bicyclic) bond motifs is 1. The van der Waals surface area contributed by atoms with E-state index in [0.29, 0.717) is 12.4 Å². The van der Waals surface area contributed by atoms with Crippen LogP contribution in [-0.2, 0) is 13.2 Å². The molecule has 116 valence electrons. The molecule has 0 radical (unpaired) electrons. The normalized spacial score (nSPS) is 13.9. The first-order valence-corrected chi connectivity index (χ1v) is 6.95. The van der Waals surface area contributed by atoms with Crippen LogP contribution >= 0.6 is 0 Å². The van der Waals surface area contributed by atoms with Crippen molar-refractivity contribution in [3.05, 3.63) is 51.9 Å². The summed E-state index contributed by atoms with van der Waals surface area (Å²) in [5.41, 5.74) is -0.327. The molecule has 0 unspecified atom stereocenters. The van der Waals surface area contributed by atoms with Gasteiger partial charge in [-0.15, -0.1) is 0 Å². The van der Waals surface area contributed by atoms with Gasteiger partial charge in [-0.2, -0.15) is 4.98 Å². The molecular weight excluding hydrogens is 292 g/mol. The van der Waals surface area contributed by atoms with Gasteiger partial charge in [-0.05, 0) is 12.5 Å². The molecule has 5 nitrogen and oxygen atoms in total. The van der Waals surface area contributed by atoms with Crippen molar-refractivity contribution in [2.45, 2.75) is 19.6 Å². The van der Waals surface area contributed by atoms with E-state index < -0.39 is 17.3 Å². The highest BCUT2D eigenvalue weighted by Crippen LogP contribution is 2.21. The highest BCUT2D eigenvalue weighted by Gasteiger charge is 2.17. The van der Waals surface area contributed by atoms with Gasteiger partial charge in [0.05, 0.1) is 0 Å². The minimum Gasteiger partial charge on any atom is -0.472 e. The third-order valence-corrected chi connectivity index (χ3v) is 3.64. The number of benzene rings is 1. The van der Waals surface area contributed by atoms with Crippen molar-refractivity contribution in [1.82, 2.24) is 9.55 Å². The summed E-state index contributed by atoms with van der Waals surface area (Å²) in [5.74, 6) is -1.07. The topological polar surface area (TPSA) is 47.4 Å². The molecule has 0 fully saturated rings. The van der Waals surface area contributed by atoms with Gasteiger partial charge in [-0.1, -0.05) is 12.1 Å². The summed E-state index contributed by atoms with van der Waals surface area (Å²) in [6, 6.07) is 5.50. The SMILES string of the molecule is CN1CCCn2c1cc(OCc1cccc(F)c1F)nc2=O. The molecule has 0 N–H and O–H groups in total. The standard InChI is InChI=1S/C15H15F2N3O2/c1-19-6-3-7-20-13(19)8-12(18-15(20)21)22-9-10-4-2-5-11(16)14(10)17/h2,4-5,8H,3,6-7,9H2,1H3. The second kappa shape index (κ2) is 5.75. The molecule has 2 heterocycles. The van der Waals surface area contributed by atoms with Gasteiger partial charge in [0.2, 0.25) is 5.88 Å². The summed E-state index contributed by atoms with van der Waals surface area (Å²) >= 11 is 0. The summed E-state index contributed by atoms with van der Waals surface area (Å²) < 4.78 is 33.6. The molecule has 0 amide bonds. The van der Waals surface area contributed by atoms with Crippen molar-refractivity contribution < 1.29 is 13.5 Å². The molecule has 0 atom stereocenters. The monoisotopic (exact) mass is 307 g/mol. The lowest BCUT2D eigenvalue weighted by molar-refractivity contribution is 0.282. The fourth-order valence-corrected chi connectivity index (χ4v) is 2.47. The summed E-state index contributed by atoms with van der Waals surface area (Å²) in [6.45, 7) is 1.26. The van der Waals surface area contributed by atoms with Gasteiger partial charge in [0.25, 0.3) is 0 Å². The molecule has 0 aliphatic carbocycles. The van der Waals surface area contributed by atoms with Crippen molar-refractivity contribution in [3.63, 3.8) is 0 Å². The maximum Gasteiger partial charge on any atom is 0.352 e.